The molecular weight excluding hydrogens is 206 g/mol. The molecule has 0 aromatic carbocycles. The lowest BCUT2D eigenvalue weighted by Gasteiger charge is -2.41. The number of hydrogen-bond acceptors (Lipinski definition) is 1. The summed E-state index contributed by atoms with van der Waals surface area (Å²) < 4.78 is 0. The van der Waals surface area contributed by atoms with Crippen LogP contribution in [0.15, 0.2) is 0 Å². The maximum atomic E-state index is 3.80. The Morgan fingerprint density at radius 3 is 2.24 bits per heavy atom. The van der Waals surface area contributed by atoms with Gasteiger partial charge < -0.3 is 5.32 Å². The summed E-state index contributed by atoms with van der Waals surface area (Å²) in [5.41, 5.74) is 0. The SMILES string of the molecule is CCNC(C(C)C(C)C)C1CCCCC1CC. The molecule has 1 heteroatoms. The van der Waals surface area contributed by atoms with Gasteiger partial charge in [0, 0.05) is 6.04 Å². The Morgan fingerprint density at radius 1 is 1.06 bits per heavy atom. The Kier molecular flexibility index (Phi) is 6.54. The molecule has 102 valence electrons. The first kappa shape index (κ1) is 15.0. The van der Waals surface area contributed by atoms with Gasteiger partial charge in [-0.1, -0.05) is 60.3 Å². The van der Waals surface area contributed by atoms with Gasteiger partial charge in [-0.05, 0) is 36.6 Å². The van der Waals surface area contributed by atoms with Gasteiger partial charge in [0.2, 0.25) is 0 Å². The molecular formula is C16H33N. The third kappa shape index (κ3) is 3.98. The molecule has 4 unspecified atom stereocenters. The van der Waals surface area contributed by atoms with E-state index in [1.807, 2.05) is 0 Å². The first-order chi connectivity index (χ1) is 8.11. The van der Waals surface area contributed by atoms with Crippen molar-refractivity contribution in [1.29, 1.82) is 0 Å². The van der Waals surface area contributed by atoms with Crippen molar-refractivity contribution in [1.82, 2.24) is 5.32 Å². The van der Waals surface area contributed by atoms with Crippen LogP contribution in [0, 0.1) is 23.7 Å². The molecule has 0 radical (unpaired) electrons. The topological polar surface area (TPSA) is 12.0 Å². The minimum Gasteiger partial charge on any atom is -0.314 e. The van der Waals surface area contributed by atoms with Crippen LogP contribution < -0.4 is 5.32 Å². The highest BCUT2D eigenvalue weighted by Gasteiger charge is 2.34. The van der Waals surface area contributed by atoms with Gasteiger partial charge in [0.15, 0.2) is 0 Å². The third-order valence-corrected chi connectivity index (χ3v) is 5.01. The summed E-state index contributed by atoms with van der Waals surface area (Å²) in [4.78, 5) is 0. The van der Waals surface area contributed by atoms with E-state index in [1.54, 1.807) is 0 Å². The van der Waals surface area contributed by atoms with Crippen LogP contribution in [0.3, 0.4) is 0 Å². The zero-order valence-corrected chi connectivity index (χ0v) is 12.6. The van der Waals surface area contributed by atoms with Gasteiger partial charge in [0.25, 0.3) is 0 Å². The van der Waals surface area contributed by atoms with E-state index in [-0.39, 0.29) is 0 Å². The van der Waals surface area contributed by atoms with E-state index < -0.39 is 0 Å². The van der Waals surface area contributed by atoms with Crippen molar-refractivity contribution >= 4 is 0 Å². The minimum absolute atomic E-state index is 0.741. The molecule has 1 fully saturated rings. The molecule has 1 nitrogen and oxygen atoms in total. The smallest absolute Gasteiger partial charge is 0.0126 e. The molecule has 0 amide bonds. The molecule has 0 saturated heterocycles. The maximum Gasteiger partial charge on any atom is 0.0126 e. The van der Waals surface area contributed by atoms with Crippen LogP contribution in [0.4, 0.5) is 0 Å². The predicted octanol–water partition coefficient (Wildman–Crippen LogP) is 4.47. The molecule has 1 aliphatic rings. The van der Waals surface area contributed by atoms with Gasteiger partial charge in [0.05, 0.1) is 0 Å². The monoisotopic (exact) mass is 239 g/mol. The fraction of sp³-hybridized carbons (Fsp3) is 1.00. The van der Waals surface area contributed by atoms with Gasteiger partial charge >= 0.3 is 0 Å². The van der Waals surface area contributed by atoms with Crippen LogP contribution in [0.2, 0.25) is 0 Å². The molecule has 1 saturated carbocycles. The molecule has 1 aliphatic carbocycles. The fourth-order valence-electron chi connectivity index (χ4n) is 3.59. The van der Waals surface area contributed by atoms with Crippen LogP contribution >= 0.6 is 0 Å². The highest BCUT2D eigenvalue weighted by molar-refractivity contribution is 4.88. The summed E-state index contributed by atoms with van der Waals surface area (Å²) in [6.07, 6.45) is 7.20. The molecule has 4 atom stereocenters. The lowest BCUT2D eigenvalue weighted by atomic mass is 9.69. The molecule has 0 heterocycles. The van der Waals surface area contributed by atoms with Gasteiger partial charge in [-0.25, -0.2) is 0 Å². The largest absolute Gasteiger partial charge is 0.314 e. The third-order valence-electron chi connectivity index (χ3n) is 5.01. The summed E-state index contributed by atoms with van der Waals surface area (Å²) in [6.45, 7) is 12.9. The average Bonchev–Trinajstić information content (AvgIpc) is 2.35. The fourth-order valence-corrected chi connectivity index (χ4v) is 3.59. The summed E-state index contributed by atoms with van der Waals surface area (Å²) >= 11 is 0. The average molecular weight is 239 g/mol. The van der Waals surface area contributed by atoms with Gasteiger partial charge in [-0.3, -0.25) is 0 Å². The molecule has 0 aromatic rings. The highest BCUT2D eigenvalue weighted by Crippen LogP contribution is 2.37. The van der Waals surface area contributed by atoms with E-state index in [9.17, 15) is 0 Å². The summed E-state index contributed by atoms with van der Waals surface area (Å²) in [7, 11) is 0. The van der Waals surface area contributed by atoms with E-state index >= 15 is 0 Å². The normalized spacial score (nSPS) is 29.3. The minimum atomic E-state index is 0.741. The molecule has 17 heavy (non-hydrogen) atoms. The van der Waals surface area contributed by atoms with Crippen molar-refractivity contribution in [3.63, 3.8) is 0 Å². The van der Waals surface area contributed by atoms with Crippen LogP contribution in [0.5, 0.6) is 0 Å². The lowest BCUT2D eigenvalue weighted by Crippen LogP contribution is -2.46. The number of nitrogens with one attached hydrogen (secondary N) is 1. The maximum absolute atomic E-state index is 3.80. The summed E-state index contributed by atoms with van der Waals surface area (Å²) in [5.74, 6) is 3.48. The van der Waals surface area contributed by atoms with Gasteiger partial charge in [-0.2, -0.15) is 0 Å². The van der Waals surface area contributed by atoms with E-state index in [1.165, 1.54) is 32.1 Å². The number of rotatable bonds is 6. The quantitative estimate of drug-likeness (QED) is 0.721. The Balaban J connectivity index is 2.72. The second-order valence-corrected chi connectivity index (χ2v) is 6.30. The molecule has 0 aromatic heterocycles. The van der Waals surface area contributed by atoms with Crippen molar-refractivity contribution in [2.75, 3.05) is 6.54 Å². The molecule has 1 N–H and O–H groups in total. The van der Waals surface area contributed by atoms with Crippen molar-refractivity contribution < 1.29 is 0 Å². The lowest BCUT2D eigenvalue weighted by molar-refractivity contribution is 0.125. The van der Waals surface area contributed by atoms with Crippen LogP contribution in [0.1, 0.15) is 66.7 Å². The second kappa shape index (κ2) is 7.41. The zero-order valence-electron chi connectivity index (χ0n) is 12.6. The first-order valence-corrected chi connectivity index (χ1v) is 7.85. The molecule has 0 spiro atoms. The molecule has 0 aliphatic heterocycles. The van der Waals surface area contributed by atoms with Crippen LogP contribution in [-0.4, -0.2) is 12.6 Å². The molecule has 0 bridgehead atoms. The summed E-state index contributed by atoms with van der Waals surface area (Å²) in [5, 5.41) is 3.80. The van der Waals surface area contributed by atoms with E-state index in [4.69, 9.17) is 0 Å². The van der Waals surface area contributed by atoms with E-state index in [2.05, 4.69) is 39.9 Å². The predicted molar refractivity (Wildman–Crippen MR) is 77.2 cm³/mol. The van der Waals surface area contributed by atoms with E-state index in [0.29, 0.717) is 0 Å². The Bertz CT molecular complexity index is 200. The van der Waals surface area contributed by atoms with E-state index in [0.717, 1.165) is 36.3 Å². The summed E-state index contributed by atoms with van der Waals surface area (Å²) in [6, 6.07) is 0.741. The van der Waals surface area contributed by atoms with Crippen molar-refractivity contribution in [2.24, 2.45) is 23.7 Å². The standard InChI is InChI=1S/C16H33N/c1-6-14-10-8-9-11-15(14)16(17-7-2)13(5)12(3)4/h12-17H,6-11H2,1-5H3. The van der Waals surface area contributed by atoms with Gasteiger partial charge in [0.1, 0.15) is 0 Å². The van der Waals surface area contributed by atoms with Crippen molar-refractivity contribution in [3.05, 3.63) is 0 Å². The molecule has 1 rings (SSSR count). The van der Waals surface area contributed by atoms with Gasteiger partial charge in [-0.15, -0.1) is 0 Å². The van der Waals surface area contributed by atoms with Crippen molar-refractivity contribution in [3.8, 4) is 0 Å². The Labute approximate surface area is 109 Å². The number of hydrogen-bond donors (Lipinski definition) is 1. The van der Waals surface area contributed by atoms with Crippen molar-refractivity contribution in [2.45, 2.75) is 72.8 Å². The highest BCUT2D eigenvalue weighted by atomic mass is 14.9. The Morgan fingerprint density at radius 2 is 1.71 bits per heavy atom. The van der Waals surface area contributed by atoms with Crippen LogP contribution in [0.25, 0.3) is 0 Å². The zero-order chi connectivity index (χ0) is 12.8. The second-order valence-electron chi connectivity index (χ2n) is 6.30. The first-order valence-electron chi connectivity index (χ1n) is 7.85. The van der Waals surface area contributed by atoms with Crippen LogP contribution in [-0.2, 0) is 0 Å². The Hall–Kier alpha value is -0.0400.